The highest BCUT2D eigenvalue weighted by atomic mass is 32.2. The molecule has 3 rings (SSSR count). The van der Waals surface area contributed by atoms with Gasteiger partial charge >= 0.3 is 0 Å². The summed E-state index contributed by atoms with van der Waals surface area (Å²) >= 11 is 1.66. The van der Waals surface area contributed by atoms with Crippen molar-refractivity contribution in [3.8, 4) is 0 Å². The average Bonchev–Trinajstić information content (AvgIpc) is 2.37. The zero-order chi connectivity index (χ0) is 11.7. The highest BCUT2D eigenvalue weighted by Gasteiger charge is 2.13. The predicted molar refractivity (Wildman–Crippen MR) is 76.2 cm³/mol. The maximum absolute atomic E-state index is 5.51. The fraction of sp³-hybridized carbons (Fsp3) is 0.154. The van der Waals surface area contributed by atoms with Gasteiger partial charge in [0.1, 0.15) is 0 Å². The van der Waals surface area contributed by atoms with E-state index in [2.05, 4.69) is 40.6 Å². The summed E-state index contributed by atoms with van der Waals surface area (Å²) in [4.78, 5) is 4.61. The third-order valence-corrected chi connectivity index (χ3v) is 3.61. The second kappa shape index (κ2) is 4.39. The van der Waals surface area contributed by atoms with Crippen LogP contribution < -0.4 is 11.1 Å². The number of thioether (sulfide) groups is 1. The number of benzene rings is 2. The van der Waals surface area contributed by atoms with Crippen molar-refractivity contribution in [3.63, 3.8) is 0 Å². The minimum atomic E-state index is 0.664. The standard InChI is InChI=1S/C13H13N3S/c14-7-8-17-13-15-10-5-1-3-9-4-2-6-11(16-13)12(9)10/h1-6H,7-8,14H2,(H,15,16). The Kier molecular flexibility index (Phi) is 2.74. The highest BCUT2D eigenvalue weighted by molar-refractivity contribution is 8.14. The van der Waals surface area contributed by atoms with Crippen molar-refractivity contribution in [2.45, 2.75) is 0 Å². The van der Waals surface area contributed by atoms with Gasteiger partial charge in [0.15, 0.2) is 5.17 Å². The Hall–Kier alpha value is -1.52. The predicted octanol–water partition coefficient (Wildman–Crippen LogP) is 2.94. The third kappa shape index (κ3) is 1.90. The Morgan fingerprint density at radius 2 is 2.00 bits per heavy atom. The lowest BCUT2D eigenvalue weighted by Crippen LogP contribution is -2.14. The first-order valence-corrected chi connectivity index (χ1v) is 6.57. The molecule has 0 radical (unpaired) electrons. The number of nitrogens with one attached hydrogen (secondary N) is 1. The van der Waals surface area contributed by atoms with E-state index >= 15 is 0 Å². The van der Waals surface area contributed by atoms with Crippen molar-refractivity contribution in [3.05, 3.63) is 36.4 Å². The first-order valence-electron chi connectivity index (χ1n) is 5.59. The summed E-state index contributed by atoms with van der Waals surface area (Å²) in [5.74, 6) is 0.879. The van der Waals surface area contributed by atoms with E-state index in [9.17, 15) is 0 Å². The second-order valence-electron chi connectivity index (χ2n) is 3.86. The van der Waals surface area contributed by atoms with Crippen molar-refractivity contribution >= 4 is 39.1 Å². The molecule has 86 valence electrons. The minimum Gasteiger partial charge on any atom is -0.334 e. The third-order valence-electron chi connectivity index (χ3n) is 2.70. The van der Waals surface area contributed by atoms with E-state index in [4.69, 9.17) is 5.73 Å². The van der Waals surface area contributed by atoms with Gasteiger partial charge in [0.25, 0.3) is 0 Å². The molecule has 2 aromatic carbocycles. The van der Waals surface area contributed by atoms with Crippen LogP contribution in [-0.4, -0.2) is 17.5 Å². The number of nitrogens with two attached hydrogens (primary N) is 1. The van der Waals surface area contributed by atoms with Crippen molar-refractivity contribution in [2.75, 3.05) is 17.6 Å². The Bertz CT molecular complexity index is 587. The molecule has 3 N–H and O–H groups in total. The fourth-order valence-corrected chi connectivity index (χ4v) is 2.65. The van der Waals surface area contributed by atoms with Crippen LogP contribution in [0.25, 0.3) is 10.8 Å². The minimum absolute atomic E-state index is 0.664. The van der Waals surface area contributed by atoms with Crippen LogP contribution in [0, 0.1) is 0 Å². The number of hydrogen-bond acceptors (Lipinski definition) is 4. The van der Waals surface area contributed by atoms with Gasteiger partial charge in [-0.1, -0.05) is 36.0 Å². The largest absolute Gasteiger partial charge is 0.334 e. The Morgan fingerprint density at radius 3 is 2.82 bits per heavy atom. The van der Waals surface area contributed by atoms with Gasteiger partial charge in [-0.05, 0) is 17.5 Å². The lowest BCUT2D eigenvalue weighted by Gasteiger charge is -2.18. The summed E-state index contributed by atoms with van der Waals surface area (Å²) in [5, 5.41) is 6.71. The van der Waals surface area contributed by atoms with Gasteiger partial charge in [0.05, 0.1) is 11.4 Å². The number of aliphatic imine (C=N–C) groups is 1. The molecule has 0 bridgehead atoms. The van der Waals surface area contributed by atoms with Crippen LogP contribution in [0.3, 0.4) is 0 Å². The van der Waals surface area contributed by atoms with Crippen LogP contribution in [0.5, 0.6) is 0 Å². The molecule has 1 heterocycles. The van der Waals surface area contributed by atoms with Gasteiger partial charge in [0, 0.05) is 17.7 Å². The topological polar surface area (TPSA) is 50.4 Å². The lowest BCUT2D eigenvalue weighted by molar-refractivity contribution is 1.15. The summed E-state index contributed by atoms with van der Waals surface area (Å²) in [7, 11) is 0. The molecular formula is C13H13N3S. The molecule has 3 nitrogen and oxygen atoms in total. The second-order valence-corrected chi connectivity index (χ2v) is 4.94. The van der Waals surface area contributed by atoms with E-state index in [0.717, 1.165) is 22.3 Å². The number of nitrogens with zero attached hydrogens (tertiary/aromatic N) is 1. The van der Waals surface area contributed by atoms with E-state index in [1.54, 1.807) is 11.8 Å². The van der Waals surface area contributed by atoms with Crippen molar-refractivity contribution < 1.29 is 0 Å². The monoisotopic (exact) mass is 243 g/mol. The SMILES string of the molecule is NCCSC1=Nc2cccc3cccc(c23)N1. The van der Waals surface area contributed by atoms with E-state index in [-0.39, 0.29) is 0 Å². The van der Waals surface area contributed by atoms with Gasteiger partial charge in [0.2, 0.25) is 0 Å². The molecule has 0 spiro atoms. The summed E-state index contributed by atoms with van der Waals surface area (Å²) in [6.07, 6.45) is 0. The Balaban J connectivity index is 2.09. The first-order chi connectivity index (χ1) is 8.38. The number of rotatable bonds is 2. The molecule has 0 aromatic heterocycles. The zero-order valence-corrected chi connectivity index (χ0v) is 10.1. The molecule has 1 aliphatic rings. The molecule has 0 amide bonds. The van der Waals surface area contributed by atoms with Crippen LogP contribution >= 0.6 is 11.8 Å². The van der Waals surface area contributed by atoms with Crippen molar-refractivity contribution in [1.29, 1.82) is 0 Å². The Morgan fingerprint density at radius 1 is 1.18 bits per heavy atom. The quantitative estimate of drug-likeness (QED) is 0.852. The smallest absolute Gasteiger partial charge is 0.166 e. The van der Waals surface area contributed by atoms with Gasteiger partial charge in [-0.25, -0.2) is 4.99 Å². The van der Waals surface area contributed by atoms with Gasteiger partial charge in [-0.2, -0.15) is 0 Å². The summed E-state index contributed by atoms with van der Waals surface area (Å²) in [5.41, 5.74) is 7.68. The van der Waals surface area contributed by atoms with Crippen LogP contribution in [0.4, 0.5) is 11.4 Å². The molecule has 0 unspecified atom stereocenters. The average molecular weight is 243 g/mol. The molecule has 1 aliphatic heterocycles. The van der Waals surface area contributed by atoms with Crippen molar-refractivity contribution in [2.24, 2.45) is 10.7 Å². The van der Waals surface area contributed by atoms with E-state index in [0.29, 0.717) is 6.54 Å². The van der Waals surface area contributed by atoms with Crippen LogP contribution in [0.1, 0.15) is 0 Å². The molecule has 0 atom stereocenters. The van der Waals surface area contributed by atoms with Crippen molar-refractivity contribution in [1.82, 2.24) is 0 Å². The van der Waals surface area contributed by atoms with Gasteiger partial charge < -0.3 is 11.1 Å². The summed E-state index contributed by atoms with van der Waals surface area (Å²) in [6.45, 7) is 0.664. The molecule has 2 aromatic rings. The number of hydrogen-bond donors (Lipinski definition) is 2. The summed E-state index contributed by atoms with van der Waals surface area (Å²) < 4.78 is 0. The molecule has 0 fully saturated rings. The van der Waals surface area contributed by atoms with Crippen LogP contribution in [0.2, 0.25) is 0 Å². The van der Waals surface area contributed by atoms with E-state index in [1.807, 2.05) is 6.07 Å². The normalized spacial score (nSPS) is 13.4. The molecular weight excluding hydrogens is 230 g/mol. The lowest BCUT2D eigenvalue weighted by atomic mass is 10.1. The highest BCUT2D eigenvalue weighted by Crippen LogP contribution is 2.36. The number of anilines is 1. The maximum atomic E-state index is 5.51. The maximum Gasteiger partial charge on any atom is 0.166 e. The fourth-order valence-electron chi connectivity index (χ4n) is 2.00. The van der Waals surface area contributed by atoms with Crippen LogP contribution in [-0.2, 0) is 0 Å². The Labute approximate surface area is 104 Å². The van der Waals surface area contributed by atoms with Crippen LogP contribution in [0.15, 0.2) is 41.4 Å². The van der Waals surface area contributed by atoms with Gasteiger partial charge in [-0.3, -0.25) is 0 Å². The molecule has 0 saturated carbocycles. The molecule has 0 aliphatic carbocycles. The van der Waals surface area contributed by atoms with Gasteiger partial charge in [-0.15, -0.1) is 0 Å². The summed E-state index contributed by atoms with van der Waals surface area (Å²) in [6, 6.07) is 12.5. The first kappa shape index (κ1) is 10.6. The number of amidine groups is 1. The van der Waals surface area contributed by atoms with E-state index in [1.165, 1.54) is 10.8 Å². The zero-order valence-electron chi connectivity index (χ0n) is 9.31. The molecule has 0 saturated heterocycles. The van der Waals surface area contributed by atoms with E-state index < -0.39 is 0 Å². The molecule has 4 heteroatoms. The molecule has 17 heavy (non-hydrogen) atoms.